The number of hydrogen-bond acceptors (Lipinski definition) is 7. The molecule has 10 nitrogen and oxygen atoms in total. The maximum atomic E-state index is 13.0. The molecule has 3 aromatic carbocycles. The highest BCUT2D eigenvalue weighted by atomic mass is 16.5. The zero-order chi connectivity index (χ0) is 25.7. The van der Waals surface area contributed by atoms with Crippen LogP contribution < -0.4 is 15.4 Å². The van der Waals surface area contributed by atoms with Gasteiger partial charge >= 0.3 is 12.1 Å². The second-order valence-corrected chi connectivity index (χ2v) is 7.60. The smallest absolute Gasteiger partial charge is 0.411 e. The van der Waals surface area contributed by atoms with Gasteiger partial charge in [-0.3, -0.25) is 10.1 Å². The van der Waals surface area contributed by atoms with Gasteiger partial charge in [0.1, 0.15) is 11.6 Å². The van der Waals surface area contributed by atoms with Gasteiger partial charge in [0, 0.05) is 16.8 Å². The van der Waals surface area contributed by atoms with Crippen molar-refractivity contribution in [2.45, 2.75) is 6.92 Å². The fraction of sp³-hybridized carbons (Fsp3) is 0.154. The number of carbonyl (C=O) groups excluding carboxylic acids is 3. The van der Waals surface area contributed by atoms with Crippen molar-refractivity contribution in [1.29, 1.82) is 0 Å². The highest BCUT2D eigenvalue weighted by Crippen LogP contribution is 2.30. The number of H-pyrrole nitrogens is 1. The Balaban J connectivity index is 1.71. The number of hydrogen-bond donors (Lipinski definition) is 3. The van der Waals surface area contributed by atoms with Crippen LogP contribution in [0.4, 0.5) is 16.2 Å². The molecule has 2 amide bonds. The van der Waals surface area contributed by atoms with Gasteiger partial charge in [0.15, 0.2) is 0 Å². The van der Waals surface area contributed by atoms with Gasteiger partial charge in [0.2, 0.25) is 0 Å². The molecule has 0 spiro atoms. The minimum atomic E-state index is -0.626. The van der Waals surface area contributed by atoms with E-state index in [1.165, 1.54) is 7.11 Å². The Morgan fingerprint density at radius 2 is 1.61 bits per heavy atom. The zero-order valence-corrected chi connectivity index (χ0v) is 19.9. The lowest BCUT2D eigenvalue weighted by Gasteiger charge is -2.10. The van der Waals surface area contributed by atoms with Gasteiger partial charge in [-0.2, -0.15) is 0 Å². The lowest BCUT2D eigenvalue weighted by atomic mass is 10.1. The third-order valence-electron chi connectivity index (χ3n) is 5.29. The number of aromatic nitrogens is 2. The van der Waals surface area contributed by atoms with Gasteiger partial charge < -0.3 is 24.5 Å². The summed E-state index contributed by atoms with van der Waals surface area (Å²) in [4.78, 5) is 44.5. The highest BCUT2D eigenvalue weighted by molar-refractivity contribution is 6.09. The molecule has 0 radical (unpaired) electrons. The monoisotopic (exact) mass is 488 g/mol. The molecule has 1 heterocycles. The van der Waals surface area contributed by atoms with Crippen LogP contribution in [0.5, 0.6) is 5.75 Å². The van der Waals surface area contributed by atoms with Crippen LogP contribution in [0.1, 0.15) is 27.6 Å². The summed E-state index contributed by atoms with van der Waals surface area (Å²) < 4.78 is 14.9. The molecule has 4 aromatic rings. The molecule has 10 heteroatoms. The summed E-state index contributed by atoms with van der Waals surface area (Å²) in [6, 6.07) is 16.7. The molecule has 0 aliphatic heterocycles. The molecule has 0 fully saturated rings. The third kappa shape index (κ3) is 5.27. The van der Waals surface area contributed by atoms with E-state index >= 15 is 0 Å². The largest absolute Gasteiger partial charge is 0.497 e. The molecule has 0 bridgehead atoms. The van der Waals surface area contributed by atoms with Crippen molar-refractivity contribution in [1.82, 2.24) is 9.97 Å². The number of amides is 2. The van der Waals surface area contributed by atoms with Crippen molar-refractivity contribution in [3.8, 4) is 17.1 Å². The summed E-state index contributed by atoms with van der Waals surface area (Å²) in [6.45, 7) is 1.91. The zero-order valence-electron chi connectivity index (χ0n) is 19.9. The number of aromatic amines is 1. The molecular formula is C26H24N4O6. The summed E-state index contributed by atoms with van der Waals surface area (Å²) >= 11 is 0. The lowest BCUT2D eigenvalue weighted by molar-refractivity contribution is 0.0600. The first-order chi connectivity index (χ1) is 17.4. The number of imidazole rings is 1. The number of rotatable bonds is 7. The van der Waals surface area contributed by atoms with E-state index in [1.807, 2.05) is 0 Å². The van der Waals surface area contributed by atoms with Crippen LogP contribution in [-0.4, -0.2) is 48.8 Å². The summed E-state index contributed by atoms with van der Waals surface area (Å²) in [5.74, 6) is 0.343. The van der Waals surface area contributed by atoms with Crippen LogP contribution in [0.3, 0.4) is 0 Å². The third-order valence-corrected chi connectivity index (χ3v) is 5.29. The van der Waals surface area contributed by atoms with Gasteiger partial charge in [-0.15, -0.1) is 0 Å². The molecule has 184 valence electrons. The van der Waals surface area contributed by atoms with Gasteiger partial charge in [-0.05, 0) is 55.5 Å². The highest BCUT2D eigenvalue weighted by Gasteiger charge is 2.16. The molecule has 4 rings (SSSR count). The van der Waals surface area contributed by atoms with E-state index in [4.69, 9.17) is 14.2 Å². The van der Waals surface area contributed by atoms with Crippen LogP contribution in [0.15, 0.2) is 60.7 Å². The van der Waals surface area contributed by atoms with Crippen LogP contribution >= 0.6 is 0 Å². The Kier molecular flexibility index (Phi) is 7.15. The Morgan fingerprint density at radius 3 is 2.25 bits per heavy atom. The first-order valence-corrected chi connectivity index (χ1v) is 11.0. The molecule has 1 aromatic heterocycles. The van der Waals surface area contributed by atoms with E-state index in [0.717, 1.165) is 0 Å². The fourth-order valence-electron chi connectivity index (χ4n) is 3.52. The average molecular weight is 489 g/mol. The minimum Gasteiger partial charge on any atom is -0.497 e. The number of ether oxygens (including phenoxy) is 3. The Bertz CT molecular complexity index is 1410. The Labute approximate surface area is 206 Å². The second kappa shape index (κ2) is 10.6. The normalized spacial score (nSPS) is 10.5. The maximum absolute atomic E-state index is 13.0. The van der Waals surface area contributed by atoms with Gasteiger partial charge in [0.25, 0.3) is 5.91 Å². The molecule has 0 unspecified atom stereocenters. The quantitative estimate of drug-likeness (QED) is 0.317. The number of anilines is 2. The van der Waals surface area contributed by atoms with Crippen molar-refractivity contribution < 1.29 is 28.6 Å². The standard InChI is InChI=1S/C26H24N4O6/c1-4-36-26(33)27-18-13-20-22(21(14-18)29-24(31)16-9-11-19(34-2)12-10-16)30-23(28-20)15-5-7-17(8-6-15)25(32)35-3/h5-14H,4H2,1-3H3,(H,27,33)(H,28,30)(H,29,31). The maximum Gasteiger partial charge on any atom is 0.411 e. The van der Waals surface area contributed by atoms with E-state index in [-0.39, 0.29) is 12.5 Å². The summed E-state index contributed by atoms with van der Waals surface area (Å²) in [6.07, 6.45) is -0.626. The molecule has 0 aliphatic rings. The summed E-state index contributed by atoms with van der Waals surface area (Å²) in [5.41, 5.74) is 3.40. The molecule has 3 N–H and O–H groups in total. The van der Waals surface area contributed by atoms with Crippen LogP contribution in [0.25, 0.3) is 22.4 Å². The van der Waals surface area contributed by atoms with Gasteiger partial charge in [-0.25, -0.2) is 14.6 Å². The van der Waals surface area contributed by atoms with Crippen molar-refractivity contribution in [2.24, 2.45) is 0 Å². The molecule has 0 atom stereocenters. The number of nitrogens with zero attached hydrogens (tertiary/aromatic N) is 1. The van der Waals surface area contributed by atoms with Crippen LogP contribution in [0.2, 0.25) is 0 Å². The minimum absolute atomic E-state index is 0.212. The second-order valence-electron chi connectivity index (χ2n) is 7.60. The molecular weight excluding hydrogens is 464 g/mol. The van der Waals surface area contributed by atoms with Crippen molar-refractivity contribution in [2.75, 3.05) is 31.5 Å². The van der Waals surface area contributed by atoms with E-state index in [2.05, 4.69) is 20.6 Å². The topological polar surface area (TPSA) is 132 Å². The number of carbonyl (C=O) groups is 3. The predicted molar refractivity (Wildman–Crippen MR) is 134 cm³/mol. The molecule has 0 saturated heterocycles. The Hall–Kier alpha value is -4.86. The fourth-order valence-corrected chi connectivity index (χ4v) is 3.52. The van der Waals surface area contributed by atoms with Gasteiger partial charge in [-0.1, -0.05) is 12.1 Å². The number of esters is 1. The predicted octanol–water partition coefficient (Wildman–Crippen LogP) is 4.85. The van der Waals surface area contributed by atoms with Crippen LogP contribution in [-0.2, 0) is 9.47 Å². The average Bonchev–Trinajstić information content (AvgIpc) is 3.33. The Morgan fingerprint density at radius 1 is 0.917 bits per heavy atom. The molecule has 36 heavy (non-hydrogen) atoms. The first kappa shape index (κ1) is 24.3. The van der Waals surface area contributed by atoms with Crippen molar-refractivity contribution >= 4 is 40.4 Å². The van der Waals surface area contributed by atoms with E-state index < -0.39 is 12.1 Å². The molecule has 0 saturated carbocycles. The first-order valence-electron chi connectivity index (χ1n) is 11.0. The number of methoxy groups -OCH3 is 2. The SMILES string of the molecule is CCOC(=O)Nc1cc(NC(=O)c2ccc(OC)cc2)c2[nH]c(-c3ccc(C(=O)OC)cc3)nc2c1. The van der Waals surface area contributed by atoms with E-state index in [9.17, 15) is 14.4 Å². The number of fused-ring (bicyclic) bond motifs is 1. The lowest BCUT2D eigenvalue weighted by Crippen LogP contribution is -2.15. The summed E-state index contributed by atoms with van der Waals surface area (Å²) in [5, 5.41) is 5.52. The number of nitrogens with one attached hydrogen (secondary N) is 3. The number of benzene rings is 3. The van der Waals surface area contributed by atoms with E-state index in [1.54, 1.807) is 74.7 Å². The van der Waals surface area contributed by atoms with Crippen molar-refractivity contribution in [3.05, 3.63) is 71.8 Å². The van der Waals surface area contributed by atoms with E-state index in [0.29, 0.717) is 50.7 Å². The van der Waals surface area contributed by atoms with Crippen molar-refractivity contribution in [3.63, 3.8) is 0 Å². The molecule has 0 aliphatic carbocycles. The van der Waals surface area contributed by atoms with Crippen LogP contribution in [0, 0.1) is 0 Å². The van der Waals surface area contributed by atoms with Gasteiger partial charge in [0.05, 0.1) is 43.1 Å². The summed E-state index contributed by atoms with van der Waals surface area (Å²) in [7, 11) is 2.87.